The average Bonchev–Trinajstić information content (AvgIpc) is 3.96. The molecule has 3 heterocycles. The minimum Gasteiger partial charge on any atom is -0.310 e. The molecule has 0 unspecified atom stereocenters. The second kappa shape index (κ2) is 17.3. The highest BCUT2D eigenvalue weighted by atomic mass is 15.2. The van der Waals surface area contributed by atoms with Gasteiger partial charge in [0, 0.05) is 90.6 Å². The van der Waals surface area contributed by atoms with Gasteiger partial charge in [-0.1, -0.05) is 146 Å². The van der Waals surface area contributed by atoms with Crippen molar-refractivity contribution in [3.05, 3.63) is 267 Å². The summed E-state index contributed by atoms with van der Waals surface area (Å²) < 4.78 is 4.74. The van der Waals surface area contributed by atoms with Gasteiger partial charge in [-0.15, -0.1) is 0 Å². The Morgan fingerprint density at radius 1 is 0.257 bits per heavy atom. The number of hydrogen-bond acceptors (Lipinski definition) is 4. The van der Waals surface area contributed by atoms with E-state index in [1.165, 1.54) is 43.6 Å². The minimum absolute atomic E-state index is 0.820. The summed E-state index contributed by atoms with van der Waals surface area (Å²) in [5.74, 6) is 0. The Hall–Kier alpha value is -9.52. The van der Waals surface area contributed by atoms with Gasteiger partial charge in [0.25, 0.3) is 0 Å². The van der Waals surface area contributed by atoms with Crippen molar-refractivity contribution in [2.24, 2.45) is 0 Å². The van der Waals surface area contributed by atoms with Crippen molar-refractivity contribution in [2.75, 3.05) is 9.80 Å². The zero-order valence-electron chi connectivity index (χ0n) is 38.1. The lowest BCUT2D eigenvalue weighted by molar-refractivity contribution is 1.17. The fourth-order valence-corrected chi connectivity index (χ4v) is 10.3. The molecule has 0 radical (unpaired) electrons. The number of fused-ring (bicyclic) bond motifs is 6. The summed E-state index contributed by atoms with van der Waals surface area (Å²) in [6, 6.07) is 90.7. The first-order valence-corrected chi connectivity index (χ1v) is 23.6. The first-order chi connectivity index (χ1) is 34.7. The second-order valence-corrected chi connectivity index (χ2v) is 17.5. The van der Waals surface area contributed by atoms with E-state index in [1.807, 2.05) is 0 Å². The van der Waals surface area contributed by atoms with E-state index >= 15 is 0 Å². The highest BCUT2D eigenvalue weighted by Gasteiger charge is 2.20. The lowest BCUT2D eigenvalue weighted by Gasteiger charge is -2.26. The molecule has 13 rings (SSSR count). The van der Waals surface area contributed by atoms with Crippen LogP contribution in [0.15, 0.2) is 267 Å². The summed E-state index contributed by atoms with van der Waals surface area (Å²) in [6.07, 6.45) is 3.55. The van der Waals surface area contributed by atoms with Crippen molar-refractivity contribution in [3.8, 4) is 33.9 Å². The van der Waals surface area contributed by atoms with E-state index in [0.29, 0.717) is 0 Å². The monoisotopic (exact) mass is 896 g/mol. The summed E-state index contributed by atoms with van der Waals surface area (Å²) >= 11 is 0. The number of anilines is 6. The molecule has 0 atom stereocenters. The molecule has 0 saturated heterocycles. The van der Waals surface area contributed by atoms with Crippen molar-refractivity contribution in [3.63, 3.8) is 0 Å². The predicted octanol–water partition coefficient (Wildman–Crippen LogP) is 16.9. The number of para-hydroxylation sites is 6. The SMILES string of the molecule is c1ccc(N(c2ccc(-c3nccnc3-c3ccc(N(c4ccccc4)c4cccc(-n5c6ccccc6c6ccccc65)c4)cc3)cc2)c2cccc(-n3c4ccccc4c4ccccc43)c2)cc1. The Morgan fingerprint density at radius 3 is 0.914 bits per heavy atom. The highest BCUT2D eigenvalue weighted by molar-refractivity contribution is 6.10. The quantitative estimate of drug-likeness (QED) is 0.137. The Bertz CT molecular complexity index is 3640. The molecule has 0 aliphatic heterocycles. The number of benzene rings is 10. The van der Waals surface area contributed by atoms with Crippen molar-refractivity contribution in [1.29, 1.82) is 0 Å². The van der Waals surface area contributed by atoms with Crippen LogP contribution in [0.25, 0.3) is 77.5 Å². The van der Waals surface area contributed by atoms with Gasteiger partial charge in [0.2, 0.25) is 0 Å². The Kier molecular flexibility index (Phi) is 10.1. The largest absolute Gasteiger partial charge is 0.310 e. The van der Waals surface area contributed by atoms with Crippen molar-refractivity contribution in [1.82, 2.24) is 19.1 Å². The summed E-state index contributed by atoms with van der Waals surface area (Å²) in [5, 5.41) is 4.96. The Labute approximate surface area is 405 Å². The minimum atomic E-state index is 0.820. The van der Waals surface area contributed by atoms with E-state index in [0.717, 1.165) is 68.0 Å². The maximum Gasteiger partial charge on any atom is 0.0965 e. The molecule has 0 spiro atoms. The predicted molar refractivity (Wildman–Crippen MR) is 291 cm³/mol. The molecule has 10 aromatic carbocycles. The van der Waals surface area contributed by atoms with Gasteiger partial charge in [-0.05, 0) is 109 Å². The van der Waals surface area contributed by atoms with Crippen LogP contribution in [0.5, 0.6) is 0 Å². The molecule has 330 valence electrons. The second-order valence-electron chi connectivity index (χ2n) is 17.5. The standard InChI is InChI=1S/C64H44N6/c1-3-17-47(18-4-1)67(51-21-15-23-53(43-51)69-59-29-11-7-25-55(59)56-26-8-12-30-60(56)69)49-37-33-45(34-38-49)63-64(66-42-41-65-63)46-35-39-50(40-36-46)68(48-19-5-2-6-20-48)52-22-16-24-54(44-52)70-61-31-13-9-27-57(61)58-28-10-14-32-62(58)70/h1-44H. The van der Waals surface area contributed by atoms with Crippen molar-refractivity contribution in [2.45, 2.75) is 0 Å². The summed E-state index contributed by atoms with van der Waals surface area (Å²) in [6.45, 7) is 0. The van der Waals surface area contributed by atoms with Gasteiger partial charge >= 0.3 is 0 Å². The molecule has 0 saturated carbocycles. The number of rotatable bonds is 10. The Balaban J connectivity index is 0.844. The van der Waals surface area contributed by atoms with Gasteiger partial charge < -0.3 is 18.9 Å². The van der Waals surface area contributed by atoms with E-state index in [2.05, 4.69) is 274 Å². The van der Waals surface area contributed by atoms with Crippen LogP contribution in [0, 0.1) is 0 Å². The van der Waals surface area contributed by atoms with Crippen LogP contribution in [0.1, 0.15) is 0 Å². The molecular weight excluding hydrogens is 853 g/mol. The van der Waals surface area contributed by atoms with Gasteiger partial charge in [-0.2, -0.15) is 0 Å². The lowest BCUT2D eigenvalue weighted by Crippen LogP contribution is -2.10. The third-order valence-corrected chi connectivity index (χ3v) is 13.4. The number of nitrogens with zero attached hydrogens (tertiary/aromatic N) is 6. The molecule has 13 aromatic rings. The highest BCUT2D eigenvalue weighted by Crippen LogP contribution is 2.41. The fourth-order valence-electron chi connectivity index (χ4n) is 10.3. The van der Waals surface area contributed by atoms with E-state index in [-0.39, 0.29) is 0 Å². The van der Waals surface area contributed by atoms with Crippen molar-refractivity contribution < 1.29 is 0 Å². The fraction of sp³-hybridized carbons (Fsp3) is 0. The first kappa shape index (κ1) is 40.7. The van der Waals surface area contributed by atoms with Crippen LogP contribution in [-0.4, -0.2) is 19.1 Å². The Morgan fingerprint density at radius 2 is 0.557 bits per heavy atom. The normalized spacial score (nSPS) is 11.4. The molecule has 6 nitrogen and oxygen atoms in total. The molecule has 6 heteroatoms. The smallest absolute Gasteiger partial charge is 0.0965 e. The third-order valence-electron chi connectivity index (χ3n) is 13.4. The molecule has 0 amide bonds. The van der Waals surface area contributed by atoms with Gasteiger partial charge in [0.05, 0.1) is 33.5 Å². The lowest BCUT2D eigenvalue weighted by atomic mass is 10.0. The van der Waals surface area contributed by atoms with Gasteiger partial charge in [-0.3, -0.25) is 9.97 Å². The number of aromatic nitrogens is 4. The summed E-state index contributed by atoms with van der Waals surface area (Å²) in [5.41, 5.74) is 16.8. The van der Waals surface area contributed by atoms with Gasteiger partial charge in [-0.25, -0.2) is 0 Å². The molecule has 70 heavy (non-hydrogen) atoms. The summed E-state index contributed by atoms with van der Waals surface area (Å²) in [7, 11) is 0. The van der Waals surface area contributed by atoms with Crippen LogP contribution in [0.3, 0.4) is 0 Å². The zero-order chi connectivity index (χ0) is 46.4. The van der Waals surface area contributed by atoms with E-state index in [4.69, 9.17) is 9.97 Å². The first-order valence-electron chi connectivity index (χ1n) is 23.6. The number of hydrogen-bond donors (Lipinski definition) is 0. The topological polar surface area (TPSA) is 42.1 Å². The van der Waals surface area contributed by atoms with E-state index in [1.54, 1.807) is 12.4 Å². The maximum absolute atomic E-state index is 4.94. The molecular formula is C64H44N6. The van der Waals surface area contributed by atoms with Crippen LogP contribution < -0.4 is 9.80 Å². The van der Waals surface area contributed by atoms with E-state index < -0.39 is 0 Å². The summed E-state index contributed by atoms with van der Waals surface area (Å²) in [4.78, 5) is 14.5. The molecule has 0 N–H and O–H groups in total. The molecule has 0 fully saturated rings. The van der Waals surface area contributed by atoms with Gasteiger partial charge in [0.1, 0.15) is 0 Å². The van der Waals surface area contributed by atoms with Gasteiger partial charge in [0.15, 0.2) is 0 Å². The van der Waals surface area contributed by atoms with Crippen LogP contribution >= 0.6 is 0 Å². The molecule has 0 aliphatic carbocycles. The van der Waals surface area contributed by atoms with Crippen LogP contribution in [-0.2, 0) is 0 Å². The zero-order valence-corrected chi connectivity index (χ0v) is 38.1. The van der Waals surface area contributed by atoms with Crippen molar-refractivity contribution >= 4 is 77.7 Å². The molecule has 0 bridgehead atoms. The molecule has 3 aromatic heterocycles. The van der Waals surface area contributed by atoms with Crippen LogP contribution in [0.2, 0.25) is 0 Å². The third kappa shape index (κ3) is 7.06. The average molecular weight is 897 g/mol. The maximum atomic E-state index is 4.94. The van der Waals surface area contributed by atoms with Crippen LogP contribution in [0.4, 0.5) is 34.1 Å². The van der Waals surface area contributed by atoms with E-state index in [9.17, 15) is 0 Å². The molecule has 0 aliphatic rings.